The Morgan fingerprint density at radius 1 is 1.14 bits per heavy atom. The first kappa shape index (κ1) is 15.6. The van der Waals surface area contributed by atoms with Crippen molar-refractivity contribution in [1.29, 1.82) is 0 Å². The molecule has 0 radical (unpaired) electrons. The van der Waals surface area contributed by atoms with Crippen molar-refractivity contribution >= 4 is 21.7 Å². The van der Waals surface area contributed by atoms with E-state index in [2.05, 4.69) is 29.8 Å². The van der Waals surface area contributed by atoms with Gasteiger partial charge in [0, 0.05) is 11.2 Å². The standard InChI is InChI=1S/C19H29BrO2/c1-18-6-5-14-13(15(18)8-12(20)9-18)4-3-11-7-16(21)17(22)10-19(11,14)2/h11-16,21H,3-10H2,1-2H3/t11?,12-,13-,14+,15+,16?,18-,19+/m1/s1. The zero-order valence-electron chi connectivity index (χ0n) is 13.9. The molecule has 4 fully saturated rings. The van der Waals surface area contributed by atoms with E-state index in [0.717, 1.165) is 18.3 Å². The summed E-state index contributed by atoms with van der Waals surface area (Å²) in [5.41, 5.74) is 0.682. The van der Waals surface area contributed by atoms with Crippen LogP contribution in [-0.2, 0) is 4.79 Å². The minimum atomic E-state index is -0.679. The number of aliphatic hydroxyl groups is 1. The molecular weight excluding hydrogens is 340 g/mol. The molecule has 4 aliphatic rings. The van der Waals surface area contributed by atoms with Crippen molar-refractivity contribution in [3.05, 3.63) is 0 Å². The molecule has 0 aliphatic heterocycles. The Balaban J connectivity index is 1.64. The molecule has 0 saturated heterocycles. The largest absolute Gasteiger partial charge is 0.385 e. The van der Waals surface area contributed by atoms with Gasteiger partial charge in [0.1, 0.15) is 6.10 Å². The number of aliphatic hydroxyl groups excluding tert-OH is 1. The van der Waals surface area contributed by atoms with E-state index in [1.54, 1.807) is 0 Å². The minimum Gasteiger partial charge on any atom is -0.385 e. The van der Waals surface area contributed by atoms with Crippen LogP contribution in [0.5, 0.6) is 0 Å². The lowest BCUT2D eigenvalue weighted by Crippen LogP contribution is -2.55. The maximum Gasteiger partial charge on any atom is 0.161 e. The number of carbonyl (C=O) groups excluding carboxylic acids is 1. The highest BCUT2D eigenvalue weighted by atomic mass is 79.9. The van der Waals surface area contributed by atoms with E-state index in [1.807, 2.05) is 0 Å². The summed E-state index contributed by atoms with van der Waals surface area (Å²) < 4.78 is 0. The van der Waals surface area contributed by atoms with Crippen LogP contribution >= 0.6 is 15.9 Å². The number of hydrogen-bond donors (Lipinski definition) is 1. The Labute approximate surface area is 142 Å². The van der Waals surface area contributed by atoms with Gasteiger partial charge in [-0.15, -0.1) is 0 Å². The maximum absolute atomic E-state index is 12.2. The van der Waals surface area contributed by atoms with Crippen LogP contribution in [-0.4, -0.2) is 21.8 Å². The van der Waals surface area contributed by atoms with Gasteiger partial charge in [-0.2, -0.15) is 0 Å². The van der Waals surface area contributed by atoms with Crippen LogP contribution in [0.2, 0.25) is 0 Å². The molecule has 2 nitrogen and oxygen atoms in total. The molecule has 3 heteroatoms. The first-order valence-electron chi connectivity index (χ1n) is 9.18. The van der Waals surface area contributed by atoms with Gasteiger partial charge in [-0.05, 0) is 79.4 Å². The zero-order chi connectivity index (χ0) is 15.7. The average molecular weight is 369 g/mol. The molecule has 0 amide bonds. The zero-order valence-corrected chi connectivity index (χ0v) is 15.4. The number of alkyl halides is 1. The van der Waals surface area contributed by atoms with Crippen molar-refractivity contribution < 1.29 is 9.90 Å². The van der Waals surface area contributed by atoms with Crippen molar-refractivity contribution in [2.24, 2.45) is 34.5 Å². The number of Topliss-reactive ketones (excluding diaryl/α,β-unsaturated/α-hetero) is 1. The van der Waals surface area contributed by atoms with Crippen molar-refractivity contribution in [3.8, 4) is 0 Å². The number of ketones is 1. The average Bonchev–Trinajstić information content (AvgIpc) is 2.75. The van der Waals surface area contributed by atoms with Gasteiger partial charge in [-0.25, -0.2) is 0 Å². The highest BCUT2D eigenvalue weighted by Gasteiger charge is 2.59. The number of fused-ring (bicyclic) bond motifs is 5. The normalized spacial score (nSPS) is 57.9. The highest BCUT2D eigenvalue weighted by molar-refractivity contribution is 9.09. The van der Waals surface area contributed by atoms with Gasteiger partial charge in [0.05, 0.1) is 0 Å². The Bertz CT molecular complexity index is 492. The lowest BCUT2D eigenvalue weighted by molar-refractivity contribution is -0.153. The quantitative estimate of drug-likeness (QED) is 0.646. The molecule has 2 unspecified atom stereocenters. The summed E-state index contributed by atoms with van der Waals surface area (Å²) >= 11 is 3.89. The van der Waals surface area contributed by atoms with E-state index in [-0.39, 0.29) is 11.2 Å². The SMILES string of the molecule is C[C@]12CC[C@H]3[C@@H](CCC4CC(O)C(=O)C[C@@]43C)[C@@H]1C[C@@H](Br)C2. The van der Waals surface area contributed by atoms with E-state index in [1.165, 1.54) is 38.5 Å². The fourth-order valence-electron chi connectivity index (χ4n) is 7.06. The van der Waals surface area contributed by atoms with E-state index in [9.17, 15) is 9.90 Å². The van der Waals surface area contributed by atoms with Gasteiger partial charge < -0.3 is 5.11 Å². The molecule has 124 valence electrons. The summed E-state index contributed by atoms with van der Waals surface area (Å²) in [6.07, 6.45) is 8.51. The van der Waals surface area contributed by atoms with Crippen LogP contribution in [0.4, 0.5) is 0 Å². The molecule has 1 N–H and O–H groups in total. The number of hydrogen-bond acceptors (Lipinski definition) is 2. The molecule has 4 aliphatic carbocycles. The van der Waals surface area contributed by atoms with Crippen molar-refractivity contribution in [2.75, 3.05) is 0 Å². The van der Waals surface area contributed by atoms with Gasteiger partial charge in [0.2, 0.25) is 0 Å². The van der Waals surface area contributed by atoms with Crippen molar-refractivity contribution in [2.45, 2.75) is 76.1 Å². The van der Waals surface area contributed by atoms with Gasteiger partial charge in [-0.3, -0.25) is 4.79 Å². The summed E-state index contributed by atoms with van der Waals surface area (Å²) in [5.74, 6) is 3.03. The molecular formula is C19H29BrO2. The molecule has 0 spiro atoms. The Morgan fingerprint density at radius 2 is 1.91 bits per heavy atom. The number of halogens is 1. The minimum absolute atomic E-state index is 0.109. The maximum atomic E-state index is 12.2. The van der Waals surface area contributed by atoms with Gasteiger partial charge in [0.25, 0.3) is 0 Å². The summed E-state index contributed by atoms with van der Waals surface area (Å²) in [6, 6.07) is 0. The molecule has 0 aromatic carbocycles. The van der Waals surface area contributed by atoms with Gasteiger partial charge >= 0.3 is 0 Å². The van der Waals surface area contributed by atoms with Crippen molar-refractivity contribution in [1.82, 2.24) is 0 Å². The number of carbonyl (C=O) groups is 1. The summed E-state index contributed by atoms with van der Waals surface area (Å²) in [4.78, 5) is 12.9. The van der Waals surface area contributed by atoms with Crippen LogP contribution in [0.15, 0.2) is 0 Å². The van der Waals surface area contributed by atoms with E-state index >= 15 is 0 Å². The Hall–Kier alpha value is 0.110. The Kier molecular flexibility index (Phi) is 3.59. The second kappa shape index (κ2) is 5.05. The first-order chi connectivity index (χ1) is 10.3. The third kappa shape index (κ3) is 2.10. The molecule has 4 saturated carbocycles. The molecule has 0 heterocycles. The topological polar surface area (TPSA) is 37.3 Å². The third-order valence-corrected chi connectivity index (χ3v) is 8.91. The second-order valence-electron chi connectivity index (χ2n) is 9.28. The van der Waals surface area contributed by atoms with Gasteiger partial charge in [-0.1, -0.05) is 29.8 Å². The first-order valence-corrected chi connectivity index (χ1v) is 10.1. The molecule has 0 bridgehead atoms. The molecule has 22 heavy (non-hydrogen) atoms. The molecule has 8 atom stereocenters. The van der Waals surface area contributed by atoms with Crippen LogP contribution in [0, 0.1) is 34.5 Å². The Morgan fingerprint density at radius 3 is 2.68 bits per heavy atom. The predicted octanol–water partition coefficient (Wildman–Crippen LogP) is 4.33. The van der Waals surface area contributed by atoms with Crippen LogP contribution in [0.1, 0.15) is 65.2 Å². The van der Waals surface area contributed by atoms with Crippen LogP contribution in [0.3, 0.4) is 0 Å². The van der Waals surface area contributed by atoms with Crippen molar-refractivity contribution in [3.63, 3.8) is 0 Å². The molecule has 0 aromatic heterocycles. The summed E-state index contributed by atoms with van der Waals surface area (Å²) in [7, 11) is 0. The summed E-state index contributed by atoms with van der Waals surface area (Å²) in [6.45, 7) is 4.89. The fraction of sp³-hybridized carbons (Fsp3) is 0.947. The predicted molar refractivity (Wildman–Crippen MR) is 90.8 cm³/mol. The van der Waals surface area contributed by atoms with Crippen LogP contribution < -0.4 is 0 Å². The lowest BCUT2D eigenvalue weighted by atomic mass is 9.45. The highest BCUT2D eigenvalue weighted by Crippen LogP contribution is 2.66. The third-order valence-electron chi connectivity index (χ3n) is 8.22. The summed E-state index contributed by atoms with van der Waals surface area (Å²) in [5, 5.41) is 10.00. The van der Waals surface area contributed by atoms with Gasteiger partial charge in [0.15, 0.2) is 5.78 Å². The monoisotopic (exact) mass is 368 g/mol. The van der Waals surface area contributed by atoms with E-state index in [0.29, 0.717) is 28.5 Å². The molecule has 0 aromatic rings. The van der Waals surface area contributed by atoms with E-state index in [4.69, 9.17) is 0 Å². The fourth-order valence-corrected chi connectivity index (χ4v) is 8.21. The van der Waals surface area contributed by atoms with Crippen LogP contribution in [0.25, 0.3) is 0 Å². The van der Waals surface area contributed by atoms with E-state index < -0.39 is 6.10 Å². The number of rotatable bonds is 0. The smallest absolute Gasteiger partial charge is 0.161 e. The lowest BCUT2D eigenvalue weighted by Gasteiger charge is -2.59. The second-order valence-corrected chi connectivity index (χ2v) is 10.6. The molecule has 4 rings (SSSR count).